The maximum absolute atomic E-state index is 12.1. The lowest BCUT2D eigenvalue weighted by Crippen LogP contribution is -2.31. The van der Waals surface area contributed by atoms with Gasteiger partial charge in [0, 0.05) is 6.61 Å². The number of hydrogen-bond acceptors (Lipinski definition) is 3. The molecule has 0 aromatic rings. The van der Waals surface area contributed by atoms with Gasteiger partial charge < -0.3 is 4.74 Å². The summed E-state index contributed by atoms with van der Waals surface area (Å²) in [4.78, 5) is 0. The van der Waals surface area contributed by atoms with Gasteiger partial charge in [-0.25, -0.2) is 8.42 Å². The molecule has 0 spiro atoms. The van der Waals surface area contributed by atoms with Gasteiger partial charge in [0.15, 0.2) is 9.84 Å². The molecule has 0 amide bonds. The molecule has 0 radical (unpaired) electrons. The Morgan fingerprint density at radius 3 is 2.47 bits per heavy atom. The first-order valence-corrected chi connectivity index (χ1v) is 7.48. The van der Waals surface area contributed by atoms with Gasteiger partial charge in [-0.15, -0.1) is 0 Å². The molecule has 0 atom stereocenters. The summed E-state index contributed by atoms with van der Waals surface area (Å²) in [7, 11) is -2.87. The van der Waals surface area contributed by atoms with E-state index in [1.54, 1.807) is 0 Å². The zero-order valence-electron chi connectivity index (χ0n) is 9.37. The van der Waals surface area contributed by atoms with E-state index in [1.165, 1.54) is 0 Å². The van der Waals surface area contributed by atoms with Gasteiger partial charge in [0.1, 0.15) is 0 Å². The fourth-order valence-corrected chi connectivity index (χ4v) is 4.27. The zero-order valence-corrected chi connectivity index (χ0v) is 10.2. The van der Waals surface area contributed by atoms with E-state index >= 15 is 0 Å². The summed E-state index contributed by atoms with van der Waals surface area (Å²) in [6, 6.07) is 0. The molecule has 0 aliphatic heterocycles. The van der Waals surface area contributed by atoms with Gasteiger partial charge in [-0.05, 0) is 32.1 Å². The molecule has 15 heavy (non-hydrogen) atoms. The Bertz CT molecular complexity index is 313. The highest BCUT2D eigenvalue weighted by Gasteiger charge is 2.59. The quantitative estimate of drug-likeness (QED) is 0.630. The fourth-order valence-electron chi connectivity index (χ4n) is 1.89. The topological polar surface area (TPSA) is 43.4 Å². The normalized spacial score (nSPS) is 24.1. The van der Waals surface area contributed by atoms with Crippen LogP contribution < -0.4 is 0 Å². The van der Waals surface area contributed by atoms with E-state index < -0.39 is 14.6 Å². The first-order chi connectivity index (χ1) is 7.12. The molecule has 0 unspecified atom stereocenters. The molecule has 3 nitrogen and oxygen atoms in total. The number of sulfone groups is 1. The number of hydrogen-bond donors (Lipinski definition) is 0. The van der Waals surface area contributed by atoms with E-state index in [1.807, 2.05) is 0 Å². The number of unbranched alkanes of at least 4 members (excludes halogenated alkanes) is 1. The minimum atomic E-state index is -2.87. The fraction of sp³-hybridized carbons (Fsp3) is 1.00. The molecule has 2 rings (SSSR count). The van der Waals surface area contributed by atoms with Gasteiger partial charge in [0.05, 0.1) is 16.6 Å². The molecule has 2 aliphatic rings. The molecule has 0 aromatic carbocycles. The molecular weight excluding hydrogens is 212 g/mol. The maximum Gasteiger partial charge on any atom is 0.161 e. The first-order valence-electron chi connectivity index (χ1n) is 5.93. The van der Waals surface area contributed by atoms with Crippen molar-refractivity contribution in [2.45, 2.75) is 55.4 Å². The third kappa shape index (κ3) is 2.21. The van der Waals surface area contributed by atoms with Crippen molar-refractivity contribution in [3.05, 3.63) is 0 Å². The van der Waals surface area contributed by atoms with E-state index in [-0.39, 0.29) is 5.25 Å². The summed E-state index contributed by atoms with van der Waals surface area (Å²) in [5.41, 5.74) is 0. The molecule has 0 saturated heterocycles. The van der Waals surface area contributed by atoms with Gasteiger partial charge in [-0.1, -0.05) is 13.3 Å². The molecule has 2 saturated carbocycles. The van der Waals surface area contributed by atoms with Crippen molar-refractivity contribution in [3.8, 4) is 0 Å². The van der Waals surface area contributed by atoms with Gasteiger partial charge in [0.2, 0.25) is 0 Å². The van der Waals surface area contributed by atoms with Crippen LogP contribution in [-0.2, 0) is 14.6 Å². The predicted molar refractivity (Wildman–Crippen MR) is 59.6 cm³/mol. The van der Waals surface area contributed by atoms with Crippen LogP contribution >= 0.6 is 0 Å². The lowest BCUT2D eigenvalue weighted by atomic mass is 10.3. The Morgan fingerprint density at radius 2 is 2.00 bits per heavy atom. The highest BCUT2D eigenvalue weighted by molar-refractivity contribution is 7.94. The van der Waals surface area contributed by atoms with Crippen molar-refractivity contribution in [3.63, 3.8) is 0 Å². The van der Waals surface area contributed by atoms with Crippen molar-refractivity contribution < 1.29 is 13.2 Å². The van der Waals surface area contributed by atoms with E-state index in [2.05, 4.69) is 6.92 Å². The highest BCUT2D eigenvalue weighted by atomic mass is 32.2. The Labute approximate surface area is 92.1 Å². The van der Waals surface area contributed by atoms with Crippen molar-refractivity contribution in [2.24, 2.45) is 0 Å². The molecule has 0 aromatic heterocycles. The molecular formula is C11H20O3S. The van der Waals surface area contributed by atoms with Gasteiger partial charge >= 0.3 is 0 Å². The predicted octanol–water partition coefficient (Wildman–Crippen LogP) is 1.91. The first kappa shape index (κ1) is 11.4. The zero-order chi connectivity index (χ0) is 10.9. The smallest absolute Gasteiger partial charge is 0.161 e. The highest BCUT2D eigenvalue weighted by Crippen LogP contribution is 2.50. The second-order valence-corrected chi connectivity index (χ2v) is 7.46. The Morgan fingerprint density at radius 1 is 1.33 bits per heavy atom. The van der Waals surface area contributed by atoms with E-state index in [9.17, 15) is 8.42 Å². The third-order valence-corrected chi connectivity index (χ3v) is 6.46. The number of rotatable bonds is 7. The van der Waals surface area contributed by atoms with Crippen LogP contribution in [0.5, 0.6) is 0 Å². The second kappa shape index (κ2) is 4.06. The lowest BCUT2D eigenvalue weighted by molar-refractivity contribution is 0.126. The summed E-state index contributed by atoms with van der Waals surface area (Å²) in [5, 5.41) is -0.0326. The van der Waals surface area contributed by atoms with Crippen LogP contribution in [0.15, 0.2) is 0 Å². The summed E-state index contributed by atoms with van der Waals surface area (Å²) in [6.07, 6.45) is 5.51. The Hall–Kier alpha value is -0.0900. The lowest BCUT2D eigenvalue weighted by Gasteiger charge is -2.15. The summed E-state index contributed by atoms with van der Waals surface area (Å²) < 4.78 is 29.1. The standard InChI is InChI=1S/C11H20O3S/c1-2-3-8-14-9-11(6-7-11)15(12,13)10-4-5-10/h10H,2-9H2,1H3. The van der Waals surface area contributed by atoms with E-state index in [4.69, 9.17) is 4.74 Å². The summed E-state index contributed by atoms with van der Waals surface area (Å²) >= 11 is 0. The van der Waals surface area contributed by atoms with Crippen molar-refractivity contribution in [1.82, 2.24) is 0 Å². The third-order valence-electron chi connectivity index (χ3n) is 3.38. The van der Waals surface area contributed by atoms with Crippen molar-refractivity contribution >= 4 is 9.84 Å². The molecule has 2 aliphatic carbocycles. The molecule has 0 N–H and O–H groups in total. The van der Waals surface area contributed by atoms with Crippen LogP contribution in [-0.4, -0.2) is 31.6 Å². The average Bonchev–Trinajstić information content (AvgIpc) is 3.04. The molecule has 4 heteroatoms. The SMILES string of the molecule is CCCCOCC1(S(=O)(=O)C2CC2)CC1. The minimum Gasteiger partial charge on any atom is -0.380 e. The van der Waals surface area contributed by atoms with Crippen LogP contribution in [0.25, 0.3) is 0 Å². The van der Waals surface area contributed by atoms with Gasteiger partial charge in [0.25, 0.3) is 0 Å². The van der Waals surface area contributed by atoms with Crippen LogP contribution in [0, 0.1) is 0 Å². The van der Waals surface area contributed by atoms with Crippen LogP contribution in [0.4, 0.5) is 0 Å². The van der Waals surface area contributed by atoms with Crippen molar-refractivity contribution in [1.29, 1.82) is 0 Å². The minimum absolute atomic E-state index is 0.0326. The number of ether oxygens (including phenoxy) is 1. The maximum atomic E-state index is 12.1. The average molecular weight is 232 g/mol. The van der Waals surface area contributed by atoms with Crippen LogP contribution in [0.1, 0.15) is 45.4 Å². The van der Waals surface area contributed by atoms with E-state index in [0.717, 1.165) is 38.5 Å². The van der Waals surface area contributed by atoms with Crippen LogP contribution in [0.2, 0.25) is 0 Å². The van der Waals surface area contributed by atoms with Gasteiger partial charge in [-0.3, -0.25) is 0 Å². The molecule has 88 valence electrons. The van der Waals surface area contributed by atoms with Crippen LogP contribution in [0.3, 0.4) is 0 Å². The summed E-state index contributed by atoms with van der Waals surface area (Å²) in [6.45, 7) is 3.25. The largest absolute Gasteiger partial charge is 0.380 e. The van der Waals surface area contributed by atoms with E-state index in [0.29, 0.717) is 13.2 Å². The second-order valence-electron chi connectivity index (χ2n) is 4.83. The molecule has 0 bridgehead atoms. The monoisotopic (exact) mass is 232 g/mol. The summed E-state index contributed by atoms with van der Waals surface area (Å²) in [5.74, 6) is 0. The molecule has 0 heterocycles. The Kier molecular flexibility index (Phi) is 3.08. The molecule has 2 fully saturated rings. The van der Waals surface area contributed by atoms with Crippen molar-refractivity contribution in [2.75, 3.05) is 13.2 Å². The Balaban J connectivity index is 1.85. The van der Waals surface area contributed by atoms with Gasteiger partial charge in [-0.2, -0.15) is 0 Å².